The number of fused-ring (bicyclic) bond motifs is 3. The molecule has 1 atom stereocenters. The summed E-state index contributed by atoms with van der Waals surface area (Å²) in [6.45, 7) is 1.77. The van der Waals surface area contributed by atoms with E-state index in [0.717, 1.165) is 22.3 Å². The molecule has 0 fully saturated rings. The molecular formula is C23H20Cl2O4. The quantitative estimate of drug-likeness (QED) is 0.613. The summed E-state index contributed by atoms with van der Waals surface area (Å²) in [5.74, 6) is -0.0330. The summed E-state index contributed by atoms with van der Waals surface area (Å²) in [5, 5.41) is 0.583. The number of benzene rings is 2. The number of hydrogen-bond acceptors (Lipinski definition) is 4. The lowest BCUT2D eigenvalue weighted by molar-refractivity contribution is -0.145. The van der Waals surface area contributed by atoms with E-state index in [1.165, 1.54) is 0 Å². The number of esters is 1. The largest absolute Gasteiger partial charge is 0.480 e. The van der Waals surface area contributed by atoms with Crippen molar-refractivity contribution in [3.63, 3.8) is 0 Å². The topological polar surface area (TPSA) is 52.6 Å². The van der Waals surface area contributed by atoms with Gasteiger partial charge in [0.15, 0.2) is 12.4 Å². The first kappa shape index (κ1) is 20.0. The van der Waals surface area contributed by atoms with Gasteiger partial charge in [0, 0.05) is 17.4 Å². The van der Waals surface area contributed by atoms with Crippen molar-refractivity contribution in [2.24, 2.45) is 0 Å². The van der Waals surface area contributed by atoms with Gasteiger partial charge >= 0.3 is 5.97 Å². The van der Waals surface area contributed by atoms with Crippen LogP contribution in [0, 0.1) is 0 Å². The number of carbonyl (C=O) groups is 2. The zero-order valence-corrected chi connectivity index (χ0v) is 17.5. The summed E-state index contributed by atoms with van der Waals surface area (Å²) < 4.78 is 10.5. The van der Waals surface area contributed by atoms with Gasteiger partial charge in [0.2, 0.25) is 0 Å². The maximum absolute atomic E-state index is 12.3. The van der Waals surface area contributed by atoms with E-state index in [4.69, 9.17) is 32.7 Å². The molecule has 0 bridgehead atoms. The number of rotatable bonds is 5. The van der Waals surface area contributed by atoms with Crippen molar-refractivity contribution in [1.82, 2.24) is 0 Å². The molecule has 0 saturated heterocycles. The molecule has 1 unspecified atom stereocenters. The summed E-state index contributed by atoms with van der Waals surface area (Å²) in [5.41, 5.74) is 3.51. The second-order valence-corrected chi connectivity index (χ2v) is 8.04. The van der Waals surface area contributed by atoms with Gasteiger partial charge in [-0.2, -0.15) is 0 Å². The van der Waals surface area contributed by atoms with Crippen molar-refractivity contribution >= 4 is 40.5 Å². The predicted octanol–water partition coefficient (Wildman–Crippen LogP) is 5.18. The van der Waals surface area contributed by atoms with Crippen LogP contribution in [0.2, 0.25) is 10.0 Å². The van der Waals surface area contributed by atoms with Crippen LogP contribution in [0.3, 0.4) is 0 Å². The molecule has 0 radical (unpaired) electrons. The van der Waals surface area contributed by atoms with Crippen LogP contribution in [-0.2, 0) is 26.2 Å². The highest BCUT2D eigenvalue weighted by Gasteiger charge is 2.47. The fourth-order valence-corrected chi connectivity index (χ4v) is 4.87. The third-order valence-electron chi connectivity index (χ3n) is 5.61. The van der Waals surface area contributed by atoms with Crippen LogP contribution in [-0.4, -0.2) is 25.0 Å². The van der Waals surface area contributed by atoms with Gasteiger partial charge in [-0.15, -0.1) is 0 Å². The number of allylic oxidation sites excluding steroid dienone is 2. The molecule has 0 N–H and O–H groups in total. The van der Waals surface area contributed by atoms with E-state index in [0.29, 0.717) is 30.0 Å². The minimum Gasteiger partial charge on any atom is -0.480 e. The molecule has 0 spiro atoms. The lowest BCUT2D eigenvalue weighted by Crippen LogP contribution is -2.30. The third kappa shape index (κ3) is 3.45. The normalized spacial score (nSPS) is 20.0. The van der Waals surface area contributed by atoms with Gasteiger partial charge in [-0.25, -0.2) is 4.79 Å². The van der Waals surface area contributed by atoms with Crippen molar-refractivity contribution in [3.8, 4) is 5.75 Å². The van der Waals surface area contributed by atoms with Crippen molar-refractivity contribution in [2.45, 2.75) is 31.6 Å². The van der Waals surface area contributed by atoms with Crippen LogP contribution in [0.5, 0.6) is 5.75 Å². The van der Waals surface area contributed by atoms with E-state index in [2.05, 4.69) is 12.1 Å². The fraction of sp³-hybridized carbons (Fsp3) is 0.304. The number of ketones is 1. The van der Waals surface area contributed by atoms with E-state index >= 15 is 0 Å². The lowest BCUT2D eigenvalue weighted by Gasteiger charge is -2.34. The standard InChI is InChI=1S/C23H20Cl2O4/c1-2-28-19(27)13-29-18-10-14-12-23(15-6-4-3-5-7-15)9-8-16(26)11-17(23)20(14)22(25)21(18)24/h3-7,10-11H,2,8-9,12-13H2,1H3. The molecule has 0 aromatic heterocycles. The Morgan fingerprint density at radius 1 is 1.17 bits per heavy atom. The van der Waals surface area contributed by atoms with Gasteiger partial charge in [-0.3, -0.25) is 4.79 Å². The average Bonchev–Trinajstić information content (AvgIpc) is 3.05. The highest BCUT2D eigenvalue weighted by molar-refractivity contribution is 6.44. The molecule has 29 heavy (non-hydrogen) atoms. The summed E-state index contributed by atoms with van der Waals surface area (Å²) in [7, 11) is 0. The van der Waals surface area contributed by atoms with Crippen LogP contribution in [0.25, 0.3) is 5.57 Å². The molecule has 0 amide bonds. The second kappa shape index (κ2) is 7.85. The summed E-state index contributed by atoms with van der Waals surface area (Å²) >= 11 is 13.1. The first-order valence-corrected chi connectivity index (χ1v) is 10.3. The molecule has 150 valence electrons. The van der Waals surface area contributed by atoms with E-state index in [1.54, 1.807) is 13.0 Å². The lowest BCUT2D eigenvalue weighted by atomic mass is 9.68. The van der Waals surface area contributed by atoms with Crippen LogP contribution in [0.15, 0.2) is 42.5 Å². The van der Waals surface area contributed by atoms with Gasteiger partial charge in [0.05, 0.1) is 11.6 Å². The minimum atomic E-state index is -0.470. The maximum atomic E-state index is 12.3. The Balaban J connectivity index is 1.78. The second-order valence-electron chi connectivity index (χ2n) is 7.28. The highest BCUT2D eigenvalue weighted by atomic mass is 35.5. The Kier molecular flexibility index (Phi) is 5.41. The van der Waals surface area contributed by atoms with Gasteiger partial charge in [0.1, 0.15) is 10.8 Å². The fourth-order valence-electron chi connectivity index (χ4n) is 4.35. The summed E-state index contributed by atoms with van der Waals surface area (Å²) in [4.78, 5) is 23.9. The maximum Gasteiger partial charge on any atom is 0.344 e. The summed E-state index contributed by atoms with van der Waals surface area (Å²) in [6, 6.07) is 12.0. The molecule has 2 aromatic carbocycles. The Morgan fingerprint density at radius 2 is 1.93 bits per heavy atom. The van der Waals surface area contributed by atoms with Gasteiger partial charge in [-0.05, 0) is 48.6 Å². The molecule has 6 heteroatoms. The number of ether oxygens (including phenoxy) is 2. The zero-order chi connectivity index (χ0) is 20.6. The van der Waals surface area contributed by atoms with E-state index < -0.39 is 5.97 Å². The highest BCUT2D eigenvalue weighted by Crippen LogP contribution is 2.57. The monoisotopic (exact) mass is 430 g/mol. The van der Waals surface area contributed by atoms with Crippen molar-refractivity contribution in [2.75, 3.05) is 13.2 Å². The smallest absolute Gasteiger partial charge is 0.344 e. The van der Waals surface area contributed by atoms with Gasteiger partial charge < -0.3 is 9.47 Å². The average molecular weight is 431 g/mol. The van der Waals surface area contributed by atoms with Crippen molar-refractivity contribution < 1.29 is 19.1 Å². The summed E-state index contributed by atoms with van der Waals surface area (Å²) in [6.07, 6.45) is 3.61. The molecule has 0 heterocycles. The van der Waals surface area contributed by atoms with Crippen LogP contribution in [0.4, 0.5) is 0 Å². The number of carbonyl (C=O) groups excluding carboxylic acids is 2. The van der Waals surface area contributed by atoms with Crippen LogP contribution < -0.4 is 4.74 Å². The van der Waals surface area contributed by atoms with Gasteiger partial charge in [-0.1, -0.05) is 53.5 Å². The Morgan fingerprint density at radius 3 is 2.66 bits per heavy atom. The predicted molar refractivity (Wildman–Crippen MR) is 113 cm³/mol. The molecule has 2 aliphatic carbocycles. The molecular weight excluding hydrogens is 411 g/mol. The minimum absolute atomic E-state index is 0.0919. The molecule has 0 aliphatic heterocycles. The van der Waals surface area contributed by atoms with E-state index in [9.17, 15) is 9.59 Å². The zero-order valence-electron chi connectivity index (χ0n) is 16.0. The van der Waals surface area contributed by atoms with Crippen LogP contribution >= 0.6 is 23.2 Å². The van der Waals surface area contributed by atoms with Gasteiger partial charge in [0.25, 0.3) is 0 Å². The van der Waals surface area contributed by atoms with E-state index in [-0.39, 0.29) is 29.4 Å². The third-order valence-corrected chi connectivity index (χ3v) is 6.46. The molecule has 4 rings (SSSR count). The SMILES string of the molecule is CCOC(=O)COc1cc2c(c(Cl)c1Cl)C1=CC(=O)CCC1(c1ccccc1)C2. The first-order chi connectivity index (χ1) is 14.0. The van der Waals surface area contributed by atoms with Crippen molar-refractivity contribution in [1.29, 1.82) is 0 Å². The molecule has 2 aliphatic rings. The van der Waals surface area contributed by atoms with Crippen molar-refractivity contribution in [3.05, 3.63) is 69.2 Å². The molecule has 0 saturated carbocycles. The Labute approximate surface area is 179 Å². The first-order valence-electron chi connectivity index (χ1n) is 9.56. The molecule has 4 nitrogen and oxygen atoms in total. The number of hydrogen-bond donors (Lipinski definition) is 0. The van der Waals surface area contributed by atoms with E-state index in [1.807, 2.05) is 24.3 Å². The van der Waals surface area contributed by atoms with Crippen LogP contribution in [0.1, 0.15) is 36.5 Å². The molecule has 2 aromatic rings. The Bertz CT molecular complexity index is 1010. The number of halogens is 2. The Hall–Kier alpha value is -2.30.